The van der Waals surface area contributed by atoms with Gasteiger partial charge in [0.05, 0.1) is 0 Å². The fourth-order valence-electron chi connectivity index (χ4n) is 7.41. The quantitative estimate of drug-likeness (QED) is 0.785. The van der Waals surface area contributed by atoms with Crippen molar-refractivity contribution in [3.8, 4) is 0 Å². The second-order valence-corrected chi connectivity index (χ2v) is 11.0. The van der Waals surface area contributed by atoms with E-state index in [1.807, 2.05) is 20.0 Å². The third-order valence-electron chi connectivity index (χ3n) is 8.99. The van der Waals surface area contributed by atoms with Crippen LogP contribution in [0.25, 0.3) is 0 Å². The second-order valence-electron chi connectivity index (χ2n) is 11.0. The third kappa shape index (κ3) is 4.02. The molecule has 5 rings (SSSR count). The fraction of sp³-hybridized carbons (Fsp3) is 0.808. The Labute approximate surface area is 182 Å². The Morgan fingerprint density at radius 2 is 1.77 bits per heavy atom. The smallest absolute Gasteiger partial charge is 0.187 e. The number of H-pyrrole nitrogens is 1. The molecular weight excluding hydrogens is 370 g/mol. The van der Waals surface area contributed by atoms with Crippen LogP contribution in [-0.2, 0) is 6.54 Å². The van der Waals surface area contributed by atoms with Crippen molar-refractivity contribution in [2.24, 2.45) is 17.8 Å². The first-order chi connectivity index (χ1) is 14.6. The van der Waals surface area contributed by atoms with Crippen molar-refractivity contribution < 1.29 is 0 Å². The van der Waals surface area contributed by atoms with Gasteiger partial charge in [-0.3, -0.25) is 14.6 Å². The van der Waals surface area contributed by atoms with Crippen LogP contribution in [-0.4, -0.2) is 46.5 Å². The summed E-state index contributed by atoms with van der Waals surface area (Å²) in [5.74, 6) is 2.61. The number of aryl methyl sites for hydroxylation is 1. The lowest BCUT2D eigenvalue weighted by Gasteiger charge is -2.57. The number of hydrogen-bond donors (Lipinski definition) is 1. The average Bonchev–Trinajstić information content (AvgIpc) is 2.78. The maximum atomic E-state index is 12.4. The van der Waals surface area contributed by atoms with Crippen molar-refractivity contribution in [2.75, 3.05) is 19.6 Å². The number of rotatable bonds is 4. The van der Waals surface area contributed by atoms with Gasteiger partial charge in [-0.05, 0) is 63.8 Å². The van der Waals surface area contributed by atoms with Gasteiger partial charge in [0.1, 0.15) is 0 Å². The molecule has 0 radical (unpaired) electrons. The normalized spacial score (nSPS) is 33.4. The van der Waals surface area contributed by atoms with Crippen LogP contribution >= 0.6 is 0 Å². The van der Waals surface area contributed by atoms with Crippen LogP contribution < -0.4 is 5.43 Å². The van der Waals surface area contributed by atoms with Crippen molar-refractivity contribution in [2.45, 2.75) is 96.7 Å². The van der Waals surface area contributed by atoms with E-state index >= 15 is 0 Å². The monoisotopic (exact) mass is 411 g/mol. The number of aromatic amines is 1. The molecule has 2 bridgehead atoms. The van der Waals surface area contributed by atoms with E-state index in [-0.39, 0.29) is 5.43 Å². The summed E-state index contributed by atoms with van der Waals surface area (Å²) in [5, 5.41) is 0. The van der Waals surface area contributed by atoms with E-state index in [4.69, 9.17) is 0 Å². The number of likely N-dealkylation sites (tertiary alicyclic amines) is 1. The van der Waals surface area contributed by atoms with Gasteiger partial charge in [-0.25, -0.2) is 0 Å². The summed E-state index contributed by atoms with van der Waals surface area (Å²) in [6.07, 6.45) is 16.4. The first-order valence-electron chi connectivity index (χ1n) is 12.8. The van der Waals surface area contributed by atoms with Crippen molar-refractivity contribution >= 4 is 0 Å². The van der Waals surface area contributed by atoms with Gasteiger partial charge in [-0.2, -0.15) is 0 Å². The number of piperidine rings is 3. The highest BCUT2D eigenvalue weighted by molar-refractivity contribution is 5.23. The zero-order valence-corrected chi connectivity index (χ0v) is 19.2. The summed E-state index contributed by atoms with van der Waals surface area (Å²) in [5.41, 5.74) is 3.10. The highest BCUT2D eigenvalue weighted by Crippen LogP contribution is 2.44. The molecule has 1 saturated carbocycles. The van der Waals surface area contributed by atoms with Gasteiger partial charge in [0.25, 0.3) is 0 Å². The summed E-state index contributed by atoms with van der Waals surface area (Å²) >= 11 is 0. The summed E-state index contributed by atoms with van der Waals surface area (Å²) in [7, 11) is 0. The molecule has 30 heavy (non-hydrogen) atoms. The molecule has 1 N–H and O–H groups in total. The van der Waals surface area contributed by atoms with Gasteiger partial charge in [0.2, 0.25) is 0 Å². The summed E-state index contributed by atoms with van der Waals surface area (Å²) in [6, 6.07) is 1.61. The minimum atomic E-state index is 0.217. The number of pyridine rings is 1. The Hall–Kier alpha value is -1.13. The highest BCUT2D eigenvalue weighted by Gasteiger charge is 2.47. The summed E-state index contributed by atoms with van der Waals surface area (Å²) < 4.78 is 0. The fourth-order valence-corrected chi connectivity index (χ4v) is 7.41. The molecular formula is C26H41N3O. The number of hydrogen-bond acceptors (Lipinski definition) is 3. The highest BCUT2D eigenvalue weighted by atomic mass is 16.1. The predicted molar refractivity (Wildman–Crippen MR) is 123 cm³/mol. The van der Waals surface area contributed by atoms with Crippen molar-refractivity contribution in [1.29, 1.82) is 0 Å². The Balaban J connectivity index is 1.35. The second kappa shape index (κ2) is 8.78. The van der Waals surface area contributed by atoms with Crippen LogP contribution in [0.1, 0.15) is 81.0 Å². The molecule has 4 heteroatoms. The van der Waals surface area contributed by atoms with Crippen LogP contribution in [0.2, 0.25) is 0 Å². The lowest BCUT2D eigenvalue weighted by molar-refractivity contribution is -0.0811. The van der Waals surface area contributed by atoms with Crippen molar-refractivity contribution in [1.82, 2.24) is 14.8 Å². The Morgan fingerprint density at radius 3 is 2.60 bits per heavy atom. The van der Waals surface area contributed by atoms with E-state index in [2.05, 4.69) is 14.8 Å². The van der Waals surface area contributed by atoms with Crippen LogP contribution in [0.3, 0.4) is 0 Å². The molecule has 4 heterocycles. The lowest BCUT2D eigenvalue weighted by Crippen LogP contribution is -2.63. The maximum Gasteiger partial charge on any atom is 0.187 e. The SMILES string of the molecule is Cc1c[nH]c(CN2C[C@H]3C[C@@H](C2)[C@H](CC2CCCCC2)N2CCCC[C@@H]32)c(C)c1=O. The zero-order valence-electron chi connectivity index (χ0n) is 19.2. The largest absolute Gasteiger partial charge is 0.363 e. The van der Waals surface area contributed by atoms with Gasteiger partial charge in [-0.15, -0.1) is 0 Å². The van der Waals surface area contributed by atoms with E-state index in [0.29, 0.717) is 0 Å². The number of fused-ring (bicyclic) bond motifs is 4. The van der Waals surface area contributed by atoms with Gasteiger partial charge in [-0.1, -0.05) is 38.5 Å². The van der Waals surface area contributed by atoms with E-state index in [1.165, 1.54) is 83.8 Å². The number of aromatic nitrogens is 1. The first kappa shape index (κ1) is 20.8. The molecule has 1 aromatic heterocycles. The molecule has 0 amide bonds. The minimum Gasteiger partial charge on any atom is -0.363 e. The Morgan fingerprint density at radius 1 is 1.00 bits per heavy atom. The molecule has 4 fully saturated rings. The molecule has 0 unspecified atom stereocenters. The van der Waals surface area contributed by atoms with E-state index in [9.17, 15) is 4.79 Å². The summed E-state index contributed by atoms with van der Waals surface area (Å²) in [4.78, 5) is 21.6. The molecule has 1 aromatic rings. The van der Waals surface area contributed by atoms with E-state index in [0.717, 1.165) is 53.2 Å². The predicted octanol–water partition coefficient (Wildman–Crippen LogP) is 4.64. The zero-order chi connectivity index (χ0) is 20.7. The molecule has 4 atom stereocenters. The summed E-state index contributed by atoms with van der Waals surface area (Å²) in [6.45, 7) is 8.60. The topological polar surface area (TPSA) is 39.3 Å². The maximum absolute atomic E-state index is 12.4. The molecule has 1 aliphatic carbocycles. The lowest BCUT2D eigenvalue weighted by atomic mass is 9.69. The average molecular weight is 412 g/mol. The van der Waals surface area contributed by atoms with E-state index in [1.54, 1.807) is 0 Å². The minimum absolute atomic E-state index is 0.217. The molecule has 166 valence electrons. The van der Waals surface area contributed by atoms with Crippen LogP contribution in [0, 0.1) is 31.6 Å². The van der Waals surface area contributed by atoms with Crippen LogP contribution in [0.15, 0.2) is 11.0 Å². The standard InChI is InChI=1S/C26H41N3O/c1-18-14-27-23(19(2)26(18)30)17-28-15-21-13-22(16-28)25(12-20-8-4-3-5-9-20)29-11-7-6-10-24(21)29/h14,20-22,24-25H,3-13,15-17H2,1-2H3,(H,27,30)/t21-,22+,24+,25+/m1/s1. The Bertz CT molecular complexity index is 796. The molecule has 3 saturated heterocycles. The first-order valence-corrected chi connectivity index (χ1v) is 12.8. The van der Waals surface area contributed by atoms with Gasteiger partial charge >= 0.3 is 0 Å². The number of nitrogens with one attached hydrogen (secondary N) is 1. The van der Waals surface area contributed by atoms with Gasteiger partial charge < -0.3 is 4.98 Å². The van der Waals surface area contributed by atoms with Gasteiger partial charge in [0, 0.05) is 54.7 Å². The van der Waals surface area contributed by atoms with Crippen molar-refractivity contribution in [3.05, 3.63) is 33.2 Å². The van der Waals surface area contributed by atoms with Crippen LogP contribution in [0.5, 0.6) is 0 Å². The molecule has 0 spiro atoms. The molecule has 3 aliphatic heterocycles. The van der Waals surface area contributed by atoms with Crippen LogP contribution in [0.4, 0.5) is 0 Å². The van der Waals surface area contributed by atoms with Crippen molar-refractivity contribution in [3.63, 3.8) is 0 Å². The molecule has 4 nitrogen and oxygen atoms in total. The molecule has 4 aliphatic rings. The number of nitrogens with zero attached hydrogens (tertiary/aromatic N) is 2. The van der Waals surface area contributed by atoms with E-state index < -0.39 is 0 Å². The Kier molecular flexibility index (Phi) is 6.07. The van der Waals surface area contributed by atoms with Gasteiger partial charge in [0.15, 0.2) is 5.43 Å². The third-order valence-corrected chi connectivity index (χ3v) is 8.99. The molecule has 0 aromatic carbocycles.